The highest BCUT2D eigenvalue weighted by Crippen LogP contribution is 2.08. The van der Waals surface area contributed by atoms with Gasteiger partial charge in [-0.3, -0.25) is 4.79 Å². The van der Waals surface area contributed by atoms with Crippen molar-refractivity contribution < 1.29 is 14.3 Å². The summed E-state index contributed by atoms with van der Waals surface area (Å²) in [6, 6.07) is 3.69. The van der Waals surface area contributed by atoms with Crippen LogP contribution in [0.2, 0.25) is 0 Å². The smallest absolute Gasteiger partial charge is 0.150 e. The Morgan fingerprint density at radius 1 is 1.55 bits per heavy atom. The number of carbonyl (C=O) groups is 1. The molecule has 2 nitrogen and oxygen atoms in total. The van der Waals surface area contributed by atoms with E-state index in [0.717, 1.165) is 6.07 Å². The van der Waals surface area contributed by atoms with Gasteiger partial charge in [0.1, 0.15) is 5.82 Å². The van der Waals surface area contributed by atoms with Crippen LogP contribution in [-0.4, -0.2) is 11.4 Å². The van der Waals surface area contributed by atoms with E-state index in [1.54, 1.807) is 0 Å². The molecule has 0 heterocycles. The van der Waals surface area contributed by atoms with E-state index in [0.29, 0.717) is 11.8 Å². The number of rotatable bonds is 2. The molecule has 1 aromatic carbocycles. The van der Waals surface area contributed by atoms with Gasteiger partial charge in [0.15, 0.2) is 6.29 Å². The Labute approximate surface area is 63.3 Å². The van der Waals surface area contributed by atoms with Gasteiger partial charge in [-0.05, 0) is 17.7 Å². The zero-order valence-electron chi connectivity index (χ0n) is 5.75. The molecule has 0 aliphatic rings. The van der Waals surface area contributed by atoms with Gasteiger partial charge in [0.2, 0.25) is 0 Å². The van der Waals surface area contributed by atoms with Crippen molar-refractivity contribution in [3.63, 3.8) is 0 Å². The summed E-state index contributed by atoms with van der Waals surface area (Å²) in [6.07, 6.45) is 0.522. The molecule has 0 bridgehead atoms. The molecule has 58 valence electrons. The van der Waals surface area contributed by atoms with Crippen molar-refractivity contribution in [2.75, 3.05) is 0 Å². The summed E-state index contributed by atoms with van der Waals surface area (Å²) in [5.41, 5.74) is 0.647. The molecule has 1 N–H and O–H groups in total. The van der Waals surface area contributed by atoms with Crippen molar-refractivity contribution in [2.45, 2.75) is 6.61 Å². The molecule has 1 rings (SSSR count). The van der Waals surface area contributed by atoms with Crippen molar-refractivity contribution in [2.24, 2.45) is 0 Å². The summed E-state index contributed by atoms with van der Waals surface area (Å²) >= 11 is 0. The third-order valence-corrected chi connectivity index (χ3v) is 1.41. The molecule has 0 aliphatic heterocycles. The summed E-state index contributed by atoms with van der Waals surface area (Å²) in [5.74, 6) is -0.468. The van der Waals surface area contributed by atoms with Crippen LogP contribution in [0.5, 0.6) is 0 Å². The first-order valence-corrected chi connectivity index (χ1v) is 3.12. The lowest BCUT2D eigenvalue weighted by Gasteiger charge is -1.98. The lowest BCUT2D eigenvalue weighted by molar-refractivity contribution is 0.112. The Balaban J connectivity index is 3.16. The zero-order chi connectivity index (χ0) is 8.27. The van der Waals surface area contributed by atoms with Gasteiger partial charge in [-0.25, -0.2) is 4.39 Å². The average Bonchev–Trinajstić information content (AvgIpc) is 2.04. The van der Waals surface area contributed by atoms with E-state index >= 15 is 0 Å². The largest absolute Gasteiger partial charge is 0.392 e. The van der Waals surface area contributed by atoms with Crippen molar-refractivity contribution in [1.29, 1.82) is 0 Å². The number of hydrogen-bond donors (Lipinski definition) is 1. The summed E-state index contributed by atoms with van der Waals surface area (Å²) in [7, 11) is 0. The lowest BCUT2D eigenvalue weighted by Crippen LogP contribution is -1.92. The Hall–Kier alpha value is -1.22. The molecule has 0 amide bonds. The van der Waals surface area contributed by atoms with E-state index < -0.39 is 5.82 Å². The molecule has 0 fully saturated rings. The zero-order valence-corrected chi connectivity index (χ0v) is 5.75. The van der Waals surface area contributed by atoms with E-state index in [9.17, 15) is 9.18 Å². The van der Waals surface area contributed by atoms with Gasteiger partial charge in [0.25, 0.3) is 0 Å². The van der Waals surface area contributed by atoms with Gasteiger partial charge in [0, 0.05) is 5.56 Å². The fourth-order valence-electron chi connectivity index (χ4n) is 0.819. The second-order valence-electron chi connectivity index (χ2n) is 2.12. The molecular formula is C8H7FO2. The predicted molar refractivity (Wildman–Crippen MR) is 37.7 cm³/mol. The van der Waals surface area contributed by atoms with Crippen LogP contribution < -0.4 is 0 Å². The minimum atomic E-state index is -0.468. The summed E-state index contributed by atoms with van der Waals surface area (Å²) in [4.78, 5) is 10.3. The molecule has 0 saturated heterocycles. The van der Waals surface area contributed by atoms with Gasteiger partial charge >= 0.3 is 0 Å². The van der Waals surface area contributed by atoms with Crippen LogP contribution in [0.3, 0.4) is 0 Å². The molecule has 0 unspecified atom stereocenters. The van der Waals surface area contributed by atoms with Crippen LogP contribution in [0, 0.1) is 5.82 Å². The third kappa shape index (κ3) is 1.62. The Morgan fingerprint density at radius 2 is 2.27 bits per heavy atom. The van der Waals surface area contributed by atoms with Gasteiger partial charge in [-0.2, -0.15) is 0 Å². The number of halogens is 1. The van der Waals surface area contributed by atoms with Gasteiger partial charge in [0.05, 0.1) is 6.61 Å². The summed E-state index contributed by atoms with van der Waals surface area (Å²) in [5, 5.41) is 8.66. The molecule has 0 radical (unpaired) electrons. The minimum Gasteiger partial charge on any atom is -0.392 e. The highest BCUT2D eigenvalue weighted by atomic mass is 19.1. The molecule has 3 heteroatoms. The maximum absolute atomic E-state index is 12.4. The standard InChI is InChI=1S/C8H7FO2/c9-8-2-1-6(4-10)7(3-8)5-11/h1-3,5,10H,4H2. The molecule has 1 aromatic rings. The van der Waals surface area contributed by atoms with Crippen LogP contribution in [0.25, 0.3) is 0 Å². The second-order valence-corrected chi connectivity index (χ2v) is 2.12. The molecule has 0 saturated carbocycles. The van der Waals surface area contributed by atoms with Crippen LogP contribution in [0.4, 0.5) is 4.39 Å². The van der Waals surface area contributed by atoms with Crippen molar-refractivity contribution in [3.8, 4) is 0 Å². The number of hydrogen-bond acceptors (Lipinski definition) is 2. The first-order chi connectivity index (χ1) is 5.27. The quantitative estimate of drug-likeness (QED) is 0.648. The predicted octanol–water partition coefficient (Wildman–Crippen LogP) is 1.13. The first-order valence-electron chi connectivity index (χ1n) is 3.12. The number of benzene rings is 1. The Bertz CT molecular complexity index is 271. The van der Waals surface area contributed by atoms with Crippen LogP contribution in [0.1, 0.15) is 15.9 Å². The first kappa shape index (κ1) is 7.88. The van der Waals surface area contributed by atoms with E-state index in [1.165, 1.54) is 12.1 Å². The van der Waals surface area contributed by atoms with Gasteiger partial charge in [-0.1, -0.05) is 6.07 Å². The number of carbonyl (C=O) groups excluding carboxylic acids is 1. The van der Waals surface area contributed by atoms with E-state index in [4.69, 9.17) is 5.11 Å². The molecule has 0 atom stereocenters. The van der Waals surface area contributed by atoms with Crippen molar-refractivity contribution in [3.05, 3.63) is 35.1 Å². The Morgan fingerprint density at radius 3 is 2.82 bits per heavy atom. The SMILES string of the molecule is O=Cc1cc(F)ccc1CO. The molecule has 0 spiro atoms. The molecular weight excluding hydrogens is 147 g/mol. The highest BCUT2D eigenvalue weighted by molar-refractivity contribution is 5.77. The summed E-state index contributed by atoms with van der Waals surface area (Å²) in [6.45, 7) is -0.242. The minimum absolute atomic E-state index is 0.201. The number of aliphatic hydroxyl groups is 1. The maximum atomic E-state index is 12.4. The molecule has 0 aliphatic carbocycles. The van der Waals surface area contributed by atoms with E-state index in [2.05, 4.69) is 0 Å². The topological polar surface area (TPSA) is 37.3 Å². The second kappa shape index (κ2) is 3.25. The van der Waals surface area contributed by atoms with Gasteiger partial charge in [-0.15, -0.1) is 0 Å². The number of aldehydes is 1. The Kier molecular flexibility index (Phi) is 2.33. The van der Waals surface area contributed by atoms with Crippen LogP contribution >= 0.6 is 0 Å². The average molecular weight is 154 g/mol. The monoisotopic (exact) mass is 154 g/mol. The maximum Gasteiger partial charge on any atom is 0.150 e. The molecule has 11 heavy (non-hydrogen) atoms. The normalized spacial score (nSPS) is 9.64. The van der Waals surface area contributed by atoms with Crippen molar-refractivity contribution >= 4 is 6.29 Å². The summed E-state index contributed by atoms with van der Waals surface area (Å²) < 4.78 is 12.4. The van der Waals surface area contributed by atoms with Crippen LogP contribution in [-0.2, 0) is 6.61 Å². The fraction of sp³-hybridized carbons (Fsp3) is 0.125. The lowest BCUT2D eigenvalue weighted by atomic mass is 10.1. The van der Waals surface area contributed by atoms with E-state index in [-0.39, 0.29) is 12.2 Å². The van der Waals surface area contributed by atoms with Crippen LogP contribution in [0.15, 0.2) is 18.2 Å². The van der Waals surface area contributed by atoms with Crippen molar-refractivity contribution in [1.82, 2.24) is 0 Å². The fourth-order valence-corrected chi connectivity index (χ4v) is 0.819. The number of aliphatic hydroxyl groups excluding tert-OH is 1. The molecule has 0 aromatic heterocycles. The third-order valence-electron chi connectivity index (χ3n) is 1.41. The highest BCUT2D eigenvalue weighted by Gasteiger charge is 2.00. The van der Waals surface area contributed by atoms with Gasteiger partial charge < -0.3 is 5.11 Å². The van der Waals surface area contributed by atoms with E-state index in [1.807, 2.05) is 0 Å².